The Morgan fingerprint density at radius 1 is 1.33 bits per heavy atom. The van der Waals surface area contributed by atoms with Gasteiger partial charge in [-0.05, 0) is 38.5 Å². The summed E-state index contributed by atoms with van der Waals surface area (Å²) in [6.07, 6.45) is 8.60. The molecule has 7 heteroatoms. The van der Waals surface area contributed by atoms with Gasteiger partial charge in [-0.1, -0.05) is 12.8 Å². The first-order chi connectivity index (χ1) is 10.1. The molecule has 0 spiro atoms. The Morgan fingerprint density at radius 3 is 2.71 bits per heavy atom. The fraction of sp³-hybridized carbons (Fsp3) is 0.786. The van der Waals surface area contributed by atoms with Crippen molar-refractivity contribution < 1.29 is 8.42 Å². The van der Waals surface area contributed by atoms with Crippen molar-refractivity contribution in [3.05, 3.63) is 11.8 Å². The maximum absolute atomic E-state index is 12.5. The van der Waals surface area contributed by atoms with Crippen LogP contribution in [0.3, 0.4) is 0 Å². The Bertz CT molecular complexity index is 574. The summed E-state index contributed by atoms with van der Waals surface area (Å²) in [6, 6.07) is 0.519. The zero-order valence-electron chi connectivity index (χ0n) is 12.4. The zero-order valence-corrected chi connectivity index (χ0v) is 13.2. The van der Waals surface area contributed by atoms with E-state index in [0.29, 0.717) is 24.1 Å². The molecule has 2 aliphatic rings. The second kappa shape index (κ2) is 6.06. The van der Waals surface area contributed by atoms with Gasteiger partial charge in [0.25, 0.3) is 10.0 Å². The molecule has 6 nitrogen and oxygen atoms in total. The molecule has 2 fully saturated rings. The first-order valence-electron chi connectivity index (χ1n) is 7.84. The number of H-pyrrole nitrogens is 1. The van der Waals surface area contributed by atoms with E-state index in [0.717, 1.165) is 12.8 Å². The highest BCUT2D eigenvalue weighted by Crippen LogP contribution is 2.28. The van der Waals surface area contributed by atoms with Gasteiger partial charge in [-0.3, -0.25) is 5.10 Å². The van der Waals surface area contributed by atoms with Crippen LogP contribution in [0.2, 0.25) is 0 Å². The molecule has 0 saturated heterocycles. The summed E-state index contributed by atoms with van der Waals surface area (Å²) in [4.78, 5) is 0. The van der Waals surface area contributed by atoms with Crippen molar-refractivity contribution in [2.75, 3.05) is 0 Å². The van der Waals surface area contributed by atoms with Gasteiger partial charge in [-0.25, -0.2) is 13.1 Å². The molecule has 1 unspecified atom stereocenters. The van der Waals surface area contributed by atoms with Crippen LogP contribution in [-0.2, 0) is 16.6 Å². The molecule has 118 valence electrons. The standard InChI is InChI=1S/C14H24N4O2S/c1-10(11-4-2-3-5-11)18-21(19,20)14-12(9-16-17-14)8-15-13-6-7-13/h9-11,13,15,18H,2-8H2,1H3,(H,16,17). The first kappa shape index (κ1) is 15.0. The summed E-state index contributed by atoms with van der Waals surface area (Å²) < 4.78 is 27.9. The minimum absolute atomic E-state index is 0.0231. The van der Waals surface area contributed by atoms with Crippen molar-refractivity contribution >= 4 is 10.0 Å². The first-order valence-corrected chi connectivity index (χ1v) is 9.32. The fourth-order valence-electron chi connectivity index (χ4n) is 3.06. The van der Waals surface area contributed by atoms with Crippen molar-refractivity contribution in [3.63, 3.8) is 0 Å². The average molecular weight is 312 g/mol. The Hall–Kier alpha value is -0.920. The van der Waals surface area contributed by atoms with Crippen LogP contribution in [-0.4, -0.2) is 30.7 Å². The van der Waals surface area contributed by atoms with Crippen LogP contribution in [0.4, 0.5) is 0 Å². The van der Waals surface area contributed by atoms with Crippen molar-refractivity contribution in [2.24, 2.45) is 5.92 Å². The number of hydrogen-bond donors (Lipinski definition) is 3. The Kier molecular flexibility index (Phi) is 4.33. The molecule has 0 aliphatic heterocycles. The third kappa shape index (κ3) is 3.64. The smallest absolute Gasteiger partial charge is 0.258 e. The van der Waals surface area contributed by atoms with Crippen LogP contribution in [0.1, 0.15) is 51.0 Å². The third-order valence-corrected chi connectivity index (χ3v) is 6.13. The zero-order chi connectivity index (χ0) is 14.9. The number of sulfonamides is 1. The van der Waals surface area contributed by atoms with Gasteiger partial charge in [0.05, 0.1) is 6.20 Å². The van der Waals surface area contributed by atoms with E-state index in [1.165, 1.54) is 25.7 Å². The molecule has 0 radical (unpaired) electrons. The Morgan fingerprint density at radius 2 is 2.05 bits per heavy atom. The lowest BCUT2D eigenvalue weighted by molar-refractivity contribution is 0.423. The quantitative estimate of drug-likeness (QED) is 0.712. The second-order valence-corrected chi connectivity index (χ2v) is 7.98. The van der Waals surface area contributed by atoms with E-state index in [4.69, 9.17) is 0 Å². The summed E-state index contributed by atoms with van der Waals surface area (Å²) in [5.41, 5.74) is 0.716. The van der Waals surface area contributed by atoms with E-state index in [1.54, 1.807) is 6.20 Å². The van der Waals surface area contributed by atoms with E-state index < -0.39 is 10.0 Å². The minimum atomic E-state index is -3.52. The molecule has 1 aromatic heterocycles. The molecule has 2 aliphatic carbocycles. The van der Waals surface area contributed by atoms with Gasteiger partial charge in [0.2, 0.25) is 0 Å². The highest BCUT2D eigenvalue weighted by Gasteiger charge is 2.29. The van der Waals surface area contributed by atoms with Crippen molar-refractivity contribution in [1.82, 2.24) is 20.2 Å². The van der Waals surface area contributed by atoms with Gasteiger partial charge in [0.1, 0.15) is 0 Å². The molecule has 2 saturated carbocycles. The Balaban J connectivity index is 1.67. The normalized spacial score (nSPS) is 21.8. The summed E-state index contributed by atoms with van der Waals surface area (Å²) >= 11 is 0. The highest BCUT2D eigenvalue weighted by atomic mass is 32.2. The van der Waals surface area contributed by atoms with Crippen LogP contribution < -0.4 is 10.0 Å². The lowest BCUT2D eigenvalue weighted by Gasteiger charge is -2.20. The third-order valence-electron chi connectivity index (χ3n) is 4.55. The van der Waals surface area contributed by atoms with E-state index in [9.17, 15) is 8.42 Å². The van der Waals surface area contributed by atoms with Crippen LogP contribution in [0.25, 0.3) is 0 Å². The molecule has 1 aromatic rings. The van der Waals surface area contributed by atoms with Crippen molar-refractivity contribution in [3.8, 4) is 0 Å². The molecule has 0 amide bonds. The minimum Gasteiger partial charge on any atom is -0.310 e. The van der Waals surface area contributed by atoms with Gasteiger partial charge < -0.3 is 5.32 Å². The summed E-state index contributed by atoms with van der Waals surface area (Å²) in [5.74, 6) is 0.454. The number of aromatic amines is 1. The summed E-state index contributed by atoms with van der Waals surface area (Å²) in [5, 5.41) is 10.1. The number of hydrogen-bond acceptors (Lipinski definition) is 4. The molecular formula is C14H24N4O2S. The molecule has 3 rings (SSSR count). The lowest BCUT2D eigenvalue weighted by Crippen LogP contribution is -2.37. The summed E-state index contributed by atoms with van der Waals surface area (Å²) in [6.45, 7) is 2.52. The number of nitrogens with one attached hydrogen (secondary N) is 3. The van der Waals surface area contributed by atoms with E-state index in [2.05, 4.69) is 20.2 Å². The maximum atomic E-state index is 12.5. The molecule has 0 bridgehead atoms. The van der Waals surface area contributed by atoms with E-state index >= 15 is 0 Å². The molecule has 21 heavy (non-hydrogen) atoms. The van der Waals surface area contributed by atoms with Gasteiger partial charge >= 0.3 is 0 Å². The molecule has 3 N–H and O–H groups in total. The predicted molar refractivity (Wildman–Crippen MR) is 80.2 cm³/mol. The van der Waals surface area contributed by atoms with Gasteiger partial charge in [-0.2, -0.15) is 5.10 Å². The van der Waals surface area contributed by atoms with E-state index in [-0.39, 0.29) is 11.1 Å². The van der Waals surface area contributed by atoms with Crippen LogP contribution in [0.5, 0.6) is 0 Å². The molecule has 0 aromatic carbocycles. The van der Waals surface area contributed by atoms with Crippen LogP contribution >= 0.6 is 0 Å². The van der Waals surface area contributed by atoms with Crippen molar-refractivity contribution in [1.29, 1.82) is 0 Å². The van der Waals surface area contributed by atoms with Gasteiger partial charge in [0.15, 0.2) is 5.03 Å². The van der Waals surface area contributed by atoms with Crippen LogP contribution in [0, 0.1) is 5.92 Å². The molecule has 1 heterocycles. The van der Waals surface area contributed by atoms with Gasteiger partial charge in [0, 0.05) is 24.2 Å². The van der Waals surface area contributed by atoms with Crippen LogP contribution in [0.15, 0.2) is 11.2 Å². The number of aromatic nitrogens is 2. The monoisotopic (exact) mass is 312 g/mol. The van der Waals surface area contributed by atoms with Gasteiger partial charge in [-0.15, -0.1) is 0 Å². The molecular weight excluding hydrogens is 288 g/mol. The average Bonchev–Trinajstić information content (AvgIpc) is 2.95. The van der Waals surface area contributed by atoms with E-state index in [1.807, 2.05) is 6.92 Å². The fourth-order valence-corrected chi connectivity index (χ4v) is 4.50. The highest BCUT2D eigenvalue weighted by molar-refractivity contribution is 7.89. The summed E-state index contributed by atoms with van der Waals surface area (Å²) in [7, 11) is -3.52. The Labute approximate surface area is 126 Å². The molecule has 1 atom stereocenters. The largest absolute Gasteiger partial charge is 0.310 e. The lowest BCUT2D eigenvalue weighted by atomic mass is 10.0. The maximum Gasteiger partial charge on any atom is 0.258 e. The number of rotatable bonds is 7. The SMILES string of the molecule is CC(NS(=O)(=O)c1[nH]ncc1CNC1CC1)C1CCCC1. The number of nitrogens with zero attached hydrogens (tertiary/aromatic N) is 1. The van der Waals surface area contributed by atoms with Crippen molar-refractivity contribution in [2.45, 2.75) is 69.1 Å². The second-order valence-electron chi connectivity index (χ2n) is 6.33. The predicted octanol–water partition coefficient (Wildman–Crippen LogP) is 1.52. The topological polar surface area (TPSA) is 86.9 Å².